The molecule has 2 aromatic heterocycles. The molecule has 0 aromatic carbocycles. The molecular weight excluding hydrogens is 286 g/mol. The number of hydrogen-bond donors (Lipinski definition) is 2. The lowest BCUT2D eigenvalue weighted by atomic mass is 10.1. The third-order valence-electron chi connectivity index (χ3n) is 3.13. The highest BCUT2D eigenvalue weighted by atomic mass is 32.1. The molecule has 0 spiro atoms. The number of thiophene rings is 1. The molecule has 0 aliphatic rings. The summed E-state index contributed by atoms with van der Waals surface area (Å²) in [6, 6.07) is 6.50. The zero-order valence-corrected chi connectivity index (χ0v) is 13.8. The van der Waals surface area contributed by atoms with E-state index in [4.69, 9.17) is 18.0 Å². The van der Waals surface area contributed by atoms with Crippen molar-refractivity contribution in [3.8, 4) is 0 Å². The highest BCUT2D eigenvalue weighted by Gasteiger charge is 2.14. The average Bonchev–Trinajstić information content (AvgIpc) is 2.74. The quantitative estimate of drug-likeness (QED) is 0.842. The predicted octanol–water partition coefficient (Wildman–Crippen LogP) is 3.88. The molecule has 0 amide bonds. The number of thiocarbonyl (C=S) groups is 1. The molecule has 0 fully saturated rings. The van der Waals surface area contributed by atoms with Crippen LogP contribution in [0.3, 0.4) is 0 Å². The molecule has 0 saturated carbocycles. The van der Waals surface area contributed by atoms with Crippen LogP contribution in [0.4, 0.5) is 5.69 Å². The Morgan fingerprint density at radius 2 is 2.05 bits per heavy atom. The highest BCUT2D eigenvalue weighted by Crippen LogP contribution is 2.28. The molecule has 5 heteroatoms. The number of anilines is 1. The maximum Gasteiger partial charge on any atom is 0.107 e. The van der Waals surface area contributed by atoms with Crippen LogP contribution < -0.4 is 11.1 Å². The Morgan fingerprint density at radius 3 is 2.60 bits per heavy atom. The SMILES string of the molecule is Cc1cc(NC(C)c2ccc(C)s2)c(C(N)=S)c(C)n1. The van der Waals surface area contributed by atoms with Gasteiger partial charge >= 0.3 is 0 Å². The van der Waals surface area contributed by atoms with E-state index in [2.05, 4.69) is 36.3 Å². The predicted molar refractivity (Wildman–Crippen MR) is 90.7 cm³/mol. The van der Waals surface area contributed by atoms with Gasteiger partial charge in [0.25, 0.3) is 0 Å². The van der Waals surface area contributed by atoms with Gasteiger partial charge in [-0.25, -0.2) is 0 Å². The van der Waals surface area contributed by atoms with E-state index in [0.717, 1.165) is 22.6 Å². The van der Waals surface area contributed by atoms with Crippen molar-refractivity contribution in [2.24, 2.45) is 5.73 Å². The van der Waals surface area contributed by atoms with Gasteiger partial charge in [-0.1, -0.05) is 12.2 Å². The molecule has 0 radical (unpaired) electrons. The number of hydrogen-bond acceptors (Lipinski definition) is 4. The Balaban J connectivity index is 2.35. The number of nitrogens with one attached hydrogen (secondary N) is 1. The average molecular weight is 305 g/mol. The zero-order chi connectivity index (χ0) is 14.9. The van der Waals surface area contributed by atoms with Crippen molar-refractivity contribution < 1.29 is 0 Å². The van der Waals surface area contributed by atoms with E-state index in [1.54, 1.807) is 11.3 Å². The summed E-state index contributed by atoms with van der Waals surface area (Å²) in [5.74, 6) is 0. The summed E-state index contributed by atoms with van der Waals surface area (Å²) in [5, 5.41) is 3.51. The second kappa shape index (κ2) is 5.89. The van der Waals surface area contributed by atoms with Crippen molar-refractivity contribution in [3.05, 3.63) is 44.9 Å². The van der Waals surface area contributed by atoms with Gasteiger partial charge in [0.1, 0.15) is 4.99 Å². The number of nitrogens with two attached hydrogens (primary N) is 1. The van der Waals surface area contributed by atoms with Gasteiger partial charge < -0.3 is 11.1 Å². The fourth-order valence-corrected chi connectivity index (χ4v) is 3.38. The van der Waals surface area contributed by atoms with E-state index in [9.17, 15) is 0 Å². The molecular formula is C15H19N3S2. The summed E-state index contributed by atoms with van der Waals surface area (Å²) in [4.78, 5) is 7.42. The fourth-order valence-electron chi connectivity index (χ4n) is 2.24. The molecule has 3 nitrogen and oxygen atoms in total. The van der Waals surface area contributed by atoms with Gasteiger partial charge in [0, 0.05) is 26.8 Å². The summed E-state index contributed by atoms with van der Waals surface area (Å²) < 4.78 is 0. The van der Waals surface area contributed by atoms with Crippen LogP contribution in [0.2, 0.25) is 0 Å². The van der Waals surface area contributed by atoms with E-state index in [-0.39, 0.29) is 6.04 Å². The molecule has 2 aromatic rings. The lowest BCUT2D eigenvalue weighted by Crippen LogP contribution is -2.17. The number of nitrogens with zero attached hydrogens (tertiary/aromatic N) is 1. The van der Waals surface area contributed by atoms with Gasteiger partial charge in [0.05, 0.1) is 11.6 Å². The zero-order valence-electron chi connectivity index (χ0n) is 12.2. The minimum Gasteiger partial charge on any atom is -0.389 e. The number of aryl methyl sites for hydroxylation is 3. The first-order valence-electron chi connectivity index (χ1n) is 6.49. The number of aromatic nitrogens is 1. The summed E-state index contributed by atoms with van der Waals surface area (Å²) >= 11 is 6.95. The van der Waals surface area contributed by atoms with Crippen molar-refractivity contribution in [2.75, 3.05) is 5.32 Å². The van der Waals surface area contributed by atoms with Crippen LogP contribution >= 0.6 is 23.6 Å². The molecule has 0 saturated heterocycles. The maximum atomic E-state index is 5.84. The van der Waals surface area contributed by atoms with Crippen LogP contribution in [0.5, 0.6) is 0 Å². The van der Waals surface area contributed by atoms with Gasteiger partial charge in [-0.2, -0.15) is 0 Å². The third-order valence-corrected chi connectivity index (χ3v) is 4.52. The van der Waals surface area contributed by atoms with Crippen LogP contribution in [0.15, 0.2) is 18.2 Å². The smallest absolute Gasteiger partial charge is 0.107 e. The normalized spacial score (nSPS) is 12.2. The second-order valence-electron chi connectivity index (χ2n) is 4.95. The second-order valence-corrected chi connectivity index (χ2v) is 6.71. The van der Waals surface area contributed by atoms with Crippen molar-refractivity contribution in [2.45, 2.75) is 33.7 Å². The van der Waals surface area contributed by atoms with Crippen molar-refractivity contribution >= 4 is 34.2 Å². The number of rotatable bonds is 4. The minimum absolute atomic E-state index is 0.211. The lowest BCUT2D eigenvalue weighted by Gasteiger charge is -2.18. The van der Waals surface area contributed by atoms with Crippen molar-refractivity contribution in [1.82, 2.24) is 4.98 Å². The molecule has 0 aliphatic heterocycles. The maximum absolute atomic E-state index is 5.84. The standard InChI is InChI=1S/C15H19N3S2/c1-8-7-12(14(15(16)19)11(4)17-8)18-10(3)13-6-5-9(2)20-13/h5-7,10H,1-4H3,(H2,16,19)(H,17,18). The molecule has 0 bridgehead atoms. The minimum atomic E-state index is 0.211. The molecule has 1 atom stereocenters. The van der Waals surface area contributed by atoms with Gasteiger partial charge in [0.2, 0.25) is 0 Å². The van der Waals surface area contributed by atoms with E-state index in [1.807, 2.05) is 19.9 Å². The lowest BCUT2D eigenvalue weighted by molar-refractivity contribution is 0.903. The summed E-state index contributed by atoms with van der Waals surface area (Å²) in [6.45, 7) is 8.16. The first-order chi connectivity index (χ1) is 9.38. The Morgan fingerprint density at radius 1 is 1.35 bits per heavy atom. The molecule has 2 heterocycles. The van der Waals surface area contributed by atoms with E-state index < -0.39 is 0 Å². The van der Waals surface area contributed by atoms with Crippen molar-refractivity contribution in [1.29, 1.82) is 0 Å². The van der Waals surface area contributed by atoms with E-state index in [0.29, 0.717) is 4.99 Å². The Bertz CT molecular complexity index is 647. The molecule has 20 heavy (non-hydrogen) atoms. The molecule has 3 N–H and O–H groups in total. The summed E-state index contributed by atoms with van der Waals surface area (Å²) in [5.41, 5.74) is 9.46. The van der Waals surface area contributed by atoms with Crippen LogP contribution in [0.1, 0.15) is 39.7 Å². The third kappa shape index (κ3) is 3.16. The van der Waals surface area contributed by atoms with Crippen LogP contribution in [0.25, 0.3) is 0 Å². The van der Waals surface area contributed by atoms with Gasteiger partial charge in [-0.15, -0.1) is 11.3 Å². The molecule has 2 rings (SSSR count). The van der Waals surface area contributed by atoms with Crippen LogP contribution in [-0.2, 0) is 0 Å². The highest BCUT2D eigenvalue weighted by molar-refractivity contribution is 7.80. The van der Waals surface area contributed by atoms with E-state index in [1.165, 1.54) is 9.75 Å². The summed E-state index contributed by atoms with van der Waals surface area (Å²) in [7, 11) is 0. The molecule has 0 aliphatic carbocycles. The van der Waals surface area contributed by atoms with Gasteiger partial charge in [-0.05, 0) is 45.9 Å². The Labute approximate surface area is 129 Å². The van der Waals surface area contributed by atoms with Crippen LogP contribution in [0, 0.1) is 20.8 Å². The molecule has 1 unspecified atom stereocenters. The Kier molecular flexibility index (Phi) is 4.40. The monoisotopic (exact) mass is 305 g/mol. The van der Waals surface area contributed by atoms with Crippen LogP contribution in [-0.4, -0.2) is 9.97 Å². The van der Waals surface area contributed by atoms with Gasteiger partial charge in [-0.3, -0.25) is 4.98 Å². The largest absolute Gasteiger partial charge is 0.389 e. The Hall–Kier alpha value is -1.46. The fraction of sp³-hybridized carbons (Fsp3) is 0.333. The first kappa shape index (κ1) is 14.9. The van der Waals surface area contributed by atoms with Crippen molar-refractivity contribution in [3.63, 3.8) is 0 Å². The topological polar surface area (TPSA) is 50.9 Å². The summed E-state index contributed by atoms with van der Waals surface area (Å²) in [6.07, 6.45) is 0. The van der Waals surface area contributed by atoms with Gasteiger partial charge in [0.15, 0.2) is 0 Å². The number of pyridine rings is 1. The van der Waals surface area contributed by atoms with E-state index >= 15 is 0 Å². The molecule has 106 valence electrons. The first-order valence-corrected chi connectivity index (χ1v) is 7.72.